The summed E-state index contributed by atoms with van der Waals surface area (Å²) in [5, 5.41) is 5.69. The van der Waals surface area contributed by atoms with E-state index >= 15 is 0 Å². The molecule has 2 aromatic rings. The second-order valence-corrected chi connectivity index (χ2v) is 5.84. The summed E-state index contributed by atoms with van der Waals surface area (Å²) in [6.07, 6.45) is 2.56. The molecule has 0 radical (unpaired) electrons. The molecule has 0 atom stereocenters. The van der Waals surface area contributed by atoms with Crippen molar-refractivity contribution in [2.45, 2.75) is 40.2 Å². The van der Waals surface area contributed by atoms with Crippen LogP contribution in [-0.4, -0.2) is 28.7 Å². The van der Waals surface area contributed by atoms with Crippen molar-refractivity contribution in [3.63, 3.8) is 0 Å². The molecule has 0 bridgehead atoms. The molecule has 0 aliphatic carbocycles. The third-order valence-corrected chi connectivity index (χ3v) is 3.64. The number of nitrogens with one attached hydrogen (secondary N) is 2. The largest absolute Gasteiger partial charge is 0.492 e. The fourth-order valence-electron chi connectivity index (χ4n) is 2.69. The number of rotatable bonds is 7. The van der Waals surface area contributed by atoms with Gasteiger partial charge in [0.25, 0.3) is 0 Å². The molecule has 0 unspecified atom stereocenters. The topological polar surface area (TPSA) is 68.2 Å². The van der Waals surface area contributed by atoms with Gasteiger partial charge in [0.2, 0.25) is 0 Å². The maximum atomic E-state index is 12.1. The van der Waals surface area contributed by atoms with Crippen molar-refractivity contribution in [2.24, 2.45) is 0 Å². The Labute approximate surface area is 143 Å². The van der Waals surface area contributed by atoms with Gasteiger partial charge in [-0.3, -0.25) is 0 Å². The quantitative estimate of drug-likeness (QED) is 0.816. The lowest BCUT2D eigenvalue weighted by Crippen LogP contribution is -2.31. The van der Waals surface area contributed by atoms with Crippen molar-refractivity contribution >= 4 is 11.7 Å². The van der Waals surface area contributed by atoms with Gasteiger partial charge in [0, 0.05) is 30.9 Å². The summed E-state index contributed by atoms with van der Waals surface area (Å²) in [5.74, 6) is 1.65. The summed E-state index contributed by atoms with van der Waals surface area (Å²) in [5.41, 5.74) is 1.80. The zero-order chi connectivity index (χ0) is 17.5. The van der Waals surface area contributed by atoms with Crippen LogP contribution in [0.5, 0.6) is 5.75 Å². The first-order valence-electron chi connectivity index (χ1n) is 8.32. The van der Waals surface area contributed by atoms with Crippen LogP contribution in [0.3, 0.4) is 0 Å². The van der Waals surface area contributed by atoms with Gasteiger partial charge in [-0.05, 0) is 39.8 Å². The lowest BCUT2D eigenvalue weighted by molar-refractivity contribution is 0.252. The summed E-state index contributed by atoms with van der Waals surface area (Å²) in [7, 11) is 0. The van der Waals surface area contributed by atoms with Gasteiger partial charge in [-0.15, -0.1) is 0 Å². The zero-order valence-corrected chi connectivity index (χ0v) is 14.8. The van der Waals surface area contributed by atoms with Gasteiger partial charge in [-0.25, -0.2) is 9.78 Å². The molecule has 0 aliphatic heterocycles. The van der Waals surface area contributed by atoms with Crippen molar-refractivity contribution < 1.29 is 9.53 Å². The van der Waals surface area contributed by atoms with E-state index in [-0.39, 0.29) is 6.03 Å². The molecule has 0 saturated carbocycles. The van der Waals surface area contributed by atoms with Crippen LogP contribution < -0.4 is 15.4 Å². The Morgan fingerprint density at radius 2 is 2.08 bits per heavy atom. The van der Waals surface area contributed by atoms with Crippen molar-refractivity contribution in [3.8, 4) is 5.75 Å². The number of benzene rings is 1. The van der Waals surface area contributed by atoms with Crippen molar-refractivity contribution in [3.05, 3.63) is 42.0 Å². The molecule has 6 nitrogen and oxygen atoms in total. The molecule has 130 valence electrons. The molecule has 2 N–H and O–H groups in total. The Bertz CT molecular complexity index is 679. The number of amides is 2. The fourth-order valence-corrected chi connectivity index (χ4v) is 2.69. The van der Waals surface area contributed by atoms with Crippen LogP contribution in [0, 0.1) is 6.92 Å². The number of carbonyl (C=O) groups is 1. The number of hydrogen-bond donors (Lipinski definition) is 2. The second kappa shape index (κ2) is 8.38. The molecule has 6 heteroatoms. The smallest absolute Gasteiger partial charge is 0.319 e. The van der Waals surface area contributed by atoms with E-state index in [9.17, 15) is 4.79 Å². The third-order valence-electron chi connectivity index (χ3n) is 3.64. The zero-order valence-electron chi connectivity index (χ0n) is 14.8. The number of ether oxygens (including phenoxy) is 1. The average molecular weight is 330 g/mol. The standard InChI is InChI=1S/C18H26N4O2/c1-5-24-16-9-7-6-8-15(16)21-18(23)19-11-10-17-20-12-14(4)22(17)13(2)3/h6-9,12-13H,5,10-11H2,1-4H3,(H2,19,21,23). The van der Waals surface area contributed by atoms with E-state index in [1.807, 2.05) is 44.3 Å². The van der Waals surface area contributed by atoms with E-state index in [0.29, 0.717) is 37.1 Å². The molecule has 2 amide bonds. The number of anilines is 1. The van der Waals surface area contributed by atoms with Crippen LogP contribution in [0.1, 0.15) is 38.3 Å². The maximum absolute atomic E-state index is 12.1. The lowest BCUT2D eigenvalue weighted by Gasteiger charge is -2.15. The van der Waals surface area contributed by atoms with Crippen LogP contribution in [0.25, 0.3) is 0 Å². The summed E-state index contributed by atoms with van der Waals surface area (Å²) in [4.78, 5) is 16.5. The van der Waals surface area contributed by atoms with Crippen molar-refractivity contribution in [1.82, 2.24) is 14.9 Å². The molecule has 0 saturated heterocycles. The van der Waals surface area contributed by atoms with Gasteiger partial charge in [-0.1, -0.05) is 12.1 Å². The second-order valence-electron chi connectivity index (χ2n) is 5.84. The van der Waals surface area contributed by atoms with Crippen LogP contribution in [-0.2, 0) is 6.42 Å². The first-order valence-corrected chi connectivity index (χ1v) is 8.32. The minimum absolute atomic E-state index is 0.249. The Hall–Kier alpha value is -2.50. The van der Waals surface area contributed by atoms with Crippen LogP contribution in [0.15, 0.2) is 30.5 Å². The van der Waals surface area contributed by atoms with E-state index in [0.717, 1.165) is 11.5 Å². The number of imidazole rings is 1. The summed E-state index contributed by atoms with van der Waals surface area (Å²) < 4.78 is 7.69. The van der Waals surface area contributed by atoms with Gasteiger partial charge in [-0.2, -0.15) is 0 Å². The maximum Gasteiger partial charge on any atom is 0.319 e. The molecule has 1 aromatic carbocycles. The van der Waals surface area contributed by atoms with E-state index in [1.165, 1.54) is 0 Å². The van der Waals surface area contributed by atoms with Crippen molar-refractivity contribution in [2.75, 3.05) is 18.5 Å². The average Bonchev–Trinajstić information content (AvgIpc) is 2.90. The summed E-state index contributed by atoms with van der Waals surface area (Å²) in [6.45, 7) is 9.28. The highest BCUT2D eigenvalue weighted by atomic mass is 16.5. The Kier molecular flexibility index (Phi) is 6.23. The highest BCUT2D eigenvalue weighted by molar-refractivity contribution is 5.90. The predicted molar refractivity (Wildman–Crippen MR) is 95.7 cm³/mol. The SMILES string of the molecule is CCOc1ccccc1NC(=O)NCCc1ncc(C)n1C(C)C. The molecule has 0 aliphatic rings. The summed E-state index contributed by atoms with van der Waals surface area (Å²) >= 11 is 0. The van der Waals surface area contributed by atoms with E-state index in [4.69, 9.17) is 4.74 Å². The Morgan fingerprint density at radius 1 is 1.33 bits per heavy atom. The number of nitrogens with zero attached hydrogens (tertiary/aromatic N) is 2. The highest BCUT2D eigenvalue weighted by Gasteiger charge is 2.11. The molecule has 1 heterocycles. The Morgan fingerprint density at radius 3 is 2.79 bits per heavy atom. The van der Waals surface area contributed by atoms with E-state index < -0.39 is 0 Å². The molecule has 0 fully saturated rings. The molecular formula is C18H26N4O2. The Balaban J connectivity index is 1.88. The fraction of sp³-hybridized carbons (Fsp3) is 0.444. The summed E-state index contributed by atoms with van der Waals surface area (Å²) in [6, 6.07) is 7.50. The minimum atomic E-state index is -0.249. The van der Waals surface area contributed by atoms with Crippen LogP contribution in [0.4, 0.5) is 10.5 Å². The van der Waals surface area contributed by atoms with Gasteiger partial charge < -0.3 is 19.9 Å². The number of aryl methyl sites for hydroxylation is 1. The van der Waals surface area contributed by atoms with Crippen LogP contribution >= 0.6 is 0 Å². The van der Waals surface area contributed by atoms with Gasteiger partial charge >= 0.3 is 6.03 Å². The number of aromatic nitrogens is 2. The molecule has 0 spiro atoms. The number of hydrogen-bond acceptors (Lipinski definition) is 3. The van der Waals surface area contributed by atoms with Crippen molar-refractivity contribution in [1.29, 1.82) is 0 Å². The van der Waals surface area contributed by atoms with Gasteiger partial charge in [0.05, 0.1) is 12.3 Å². The van der Waals surface area contributed by atoms with E-state index in [1.54, 1.807) is 0 Å². The van der Waals surface area contributed by atoms with Gasteiger partial charge in [0.1, 0.15) is 11.6 Å². The lowest BCUT2D eigenvalue weighted by atomic mass is 10.3. The number of urea groups is 1. The molecule has 1 aromatic heterocycles. The highest BCUT2D eigenvalue weighted by Crippen LogP contribution is 2.23. The predicted octanol–water partition coefficient (Wildman–Crippen LogP) is 3.54. The monoisotopic (exact) mass is 330 g/mol. The molecule has 24 heavy (non-hydrogen) atoms. The van der Waals surface area contributed by atoms with Crippen LogP contribution in [0.2, 0.25) is 0 Å². The molecular weight excluding hydrogens is 304 g/mol. The van der Waals surface area contributed by atoms with Gasteiger partial charge in [0.15, 0.2) is 0 Å². The first kappa shape index (κ1) is 17.8. The van der Waals surface area contributed by atoms with E-state index in [2.05, 4.69) is 34.0 Å². The minimum Gasteiger partial charge on any atom is -0.492 e. The number of para-hydroxylation sites is 2. The third kappa shape index (κ3) is 4.50. The normalized spacial score (nSPS) is 10.7. The number of carbonyl (C=O) groups excluding carboxylic acids is 1. The molecule has 2 rings (SSSR count). The first-order chi connectivity index (χ1) is 11.5.